The van der Waals surface area contributed by atoms with Crippen LogP contribution in [0.15, 0.2) is 84.9 Å². The maximum absolute atomic E-state index is 13.7. The molecule has 2 aliphatic heterocycles. The van der Waals surface area contributed by atoms with Crippen molar-refractivity contribution in [2.24, 2.45) is 5.92 Å². The van der Waals surface area contributed by atoms with Crippen LogP contribution in [0.1, 0.15) is 35.6 Å². The smallest absolute Gasteiger partial charge is 0.264 e. The fraction of sp³-hybridized carbons (Fsp3) is 0.290. The Labute approximate surface area is 236 Å². The van der Waals surface area contributed by atoms with Gasteiger partial charge in [0.15, 0.2) is 5.60 Å². The predicted molar refractivity (Wildman–Crippen MR) is 155 cm³/mol. The van der Waals surface area contributed by atoms with Gasteiger partial charge in [0, 0.05) is 28.0 Å². The van der Waals surface area contributed by atoms with E-state index in [4.69, 9.17) is 0 Å². The maximum atomic E-state index is 13.7. The van der Waals surface area contributed by atoms with Crippen LogP contribution in [0, 0.1) is 9.49 Å². The van der Waals surface area contributed by atoms with E-state index in [1.807, 2.05) is 79.7 Å². The van der Waals surface area contributed by atoms with Crippen LogP contribution in [0.4, 0.5) is 5.69 Å². The molecular formula is C31H31IN2O4. The maximum Gasteiger partial charge on any atom is 0.264 e. The first kappa shape index (κ1) is 26.6. The van der Waals surface area contributed by atoms with Crippen LogP contribution in [-0.4, -0.2) is 39.6 Å². The van der Waals surface area contributed by atoms with Crippen molar-refractivity contribution >= 4 is 40.1 Å². The number of halogens is 1. The molecule has 6 nitrogen and oxygen atoms in total. The van der Waals surface area contributed by atoms with Crippen molar-refractivity contribution in [1.29, 1.82) is 0 Å². The lowest BCUT2D eigenvalue weighted by Gasteiger charge is -2.36. The van der Waals surface area contributed by atoms with Gasteiger partial charge in [0.05, 0.1) is 24.9 Å². The Morgan fingerprint density at radius 3 is 2.55 bits per heavy atom. The van der Waals surface area contributed by atoms with Gasteiger partial charge in [-0.25, -0.2) is 0 Å². The van der Waals surface area contributed by atoms with E-state index >= 15 is 0 Å². The second-order valence-corrected chi connectivity index (χ2v) is 11.3. The van der Waals surface area contributed by atoms with E-state index in [2.05, 4.69) is 22.6 Å². The summed E-state index contributed by atoms with van der Waals surface area (Å²) in [6, 6.07) is 23.1. The van der Waals surface area contributed by atoms with Gasteiger partial charge in [-0.2, -0.15) is 0 Å². The van der Waals surface area contributed by atoms with Crippen molar-refractivity contribution in [3.05, 3.63) is 111 Å². The average Bonchev–Trinajstić information content (AvgIpc) is 3.14. The normalized spacial score (nSPS) is 21.5. The number of amides is 2. The number of carbonyl (C=O) groups is 2. The molecule has 196 valence electrons. The lowest BCUT2D eigenvalue weighted by Crippen LogP contribution is -2.46. The Hall–Kier alpha value is -3.01. The van der Waals surface area contributed by atoms with Crippen molar-refractivity contribution in [2.75, 3.05) is 11.5 Å². The first-order chi connectivity index (χ1) is 18.3. The molecule has 0 unspecified atom stereocenters. The lowest BCUT2D eigenvalue weighted by molar-refractivity contribution is -0.139. The molecule has 0 saturated heterocycles. The highest BCUT2D eigenvalue weighted by Crippen LogP contribution is 2.46. The van der Waals surface area contributed by atoms with Crippen LogP contribution in [0.3, 0.4) is 0 Å². The molecule has 38 heavy (non-hydrogen) atoms. The topological polar surface area (TPSA) is 81.1 Å². The molecule has 0 saturated carbocycles. The Morgan fingerprint density at radius 2 is 1.82 bits per heavy atom. The molecule has 2 heterocycles. The molecule has 3 aromatic rings. The molecule has 0 fully saturated rings. The number of aliphatic hydroxyl groups is 2. The van der Waals surface area contributed by atoms with Crippen LogP contribution < -0.4 is 4.90 Å². The van der Waals surface area contributed by atoms with Gasteiger partial charge in [0.2, 0.25) is 5.91 Å². The number of hydrogen-bond acceptors (Lipinski definition) is 4. The SMILES string of the molecule is C[C@H](/C=C/CC(=O)N1Cc2ccccc2C[C@H]1CO)[C@@]1(O)C(=O)N(Cc2ccccc2)c2ccc(I)cc21. The van der Waals surface area contributed by atoms with Gasteiger partial charge in [-0.1, -0.05) is 73.7 Å². The number of benzene rings is 3. The van der Waals surface area contributed by atoms with Gasteiger partial charge in [-0.15, -0.1) is 0 Å². The van der Waals surface area contributed by atoms with Gasteiger partial charge in [0.1, 0.15) is 0 Å². The first-order valence-electron chi connectivity index (χ1n) is 12.8. The van der Waals surface area contributed by atoms with E-state index in [9.17, 15) is 19.8 Å². The summed E-state index contributed by atoms with van der Waals surface area (Å²) in [5, 5.41) is 21.8. The molecule has 7 heteroatoms. The summed E-state index contributed by atoms with van der Waals surface area (Å²) < 4.78 is 0.931. The van der Waals surface area contributed by atoms with Crippen molar-refractivity contribution in [3.8, 4) is 0 Å². The summed E-state index contributed by atoms with van der Waals surface area (Å²) in [7, 11) is 0. The molecule has 0 bridgehead atoms. The van der Waals surface area contributed by atoms with E-state index in [-0.39, 0.29) is 30.9 Å². The third kappa shape index (κ3) is 4.90. The molecule has 0 spiro atoms. The fourth-order valence-electron chi connectivity index (χ4n) is 5.51. The predicted octanol–water partition coefficient (Wildman–Crippen LogP) is 4.55. The summed E-state index contributed by atoms with van der Waals surface area (Å²) in [5.74, 6) is -1.02. The number of aliphatic hydroxyl groups excluding tert-OH is 1. The first-order valence-corrected chi connectivity index (χ1v) is 13.9. The van der Waals surface area contributed by atoms with Gasteiger partial charge >= 0.3 is 0 Å². The Bertz CT molecular complexity index is 1380. The zero-order valence-corrected chi connectivity index (χ0v) is 23.4. The molecule has 3 atom stereocenters. The quantitative estimate of drug-likeness (QED) is 0.300. The van der Waals surface area contributed by atoms with Crippen LogP contribution in [-0.2, 0) is 34.7 Å². The highest BCUT2D eigenvalue weighted by Gasteiger charge is 2.52. The van der Waals surface area contributed by atoms with Crippen LogP contribution in [0.2, 0.25) is 0 Å². The van der Waals surface area contributed by atoms with Gasteiger partial charge < -0.3 is 20.0 Å². The monoisotopic (exact) mass is 622 g/mol. The highest BCUT2D eigenvalue weighted by molar-refractivity contribution is 14.1. The second kappa shape index (κ2) is 11.0. The van der Waals surface area contributed by atoms with Crippen molar-refractivity contribution in [3.63, 3.8) is 0 Å². The summed E-state index contributed by atoms with van der Waals surface area (Å²) in [6.45, 7) is 2.54. The molecule has 0 aromatic heterocycles. The molecule has 5 rings (SSSR count). The van der Waals surface area contributed by atoms with E-state index in [1.165, 1.54) is 0 Å². The Morgan fingerprint density at radius 1 is 1.11 bits per heavy atom. The minimum atomic E-state index is -1.73. The molecule has 0 aliphatic carbocycles. The molecule has 2 amide bonds. The standard InChI is InChI=1S/C31H31IN2O4/c1-21(8-7-13-29(36)33-19-24-12-6-5-11-23(24)16-26(33)20-35)31(38)27-17-25(32)14-15-28(27)34(30(31)37)18-22-9-3-2-4-10-22/h2-12,14-15,17,21,26,35,38H,13,16,18-20H2,1H3/b8-7+/t21-,26+,31+/m1/s1. The van der Waals surface area contributed by atoms with Crippen LogP contribution in [0.5, 0.6) is 0 Å². The van der Waals surface area contributed by atoms with Gasteiger partial charge in [-0.3, -0.25) is 9.59 Å². The van der Waals surface area contributed by atoms with E-state index < -0.39 is 11.5 Å². The van der Waals surface area contributed by atoms with E-state index in [1.54, 1.807) is 22.0 Å². The summed E-state index contributed by atoms with van der Waals surface area (Å²) in [4.78, 5) is 30.2. The summed E-state index contributed by atoms with van der Waals surface area (Å²) >= 11 is 2.19. The van der Waals surface area contributed by atoms with Gasteiger partial charge in [-0.05, 0) is 63.9 Å². The van der Waals surface area contributed by atoms with Crippen LogP contribution >= 0.6 is 22.6 Å². The van der Waals surface area contributed by atoms with E-state index in [0.29, 0.717) is 30.8 Å². The minimum absolute atomic E-state index is 0.0904. The van der Waals surface area contributed by atoms with Crippen molar-refractivity contribution < 1.29 is 19.8 Å². The molecule has 2 N–H and O–H groups in total. The number of anilines is 1. The average molecular weight is 623 g/mol. The number of fused-ring (bicyclic) bond motifs is 2. The lowest BCUT2D eigenvalue weighted by atomic mass is 9.83. The fourth-order valence-corrected chi connectivity index (χ4v) is 6.01. The summed E-state index contributed by atoms with van der Waals surface area (Å²) in [5.41, 5.74) is 2.79. The van der Waals surface area contributed by atoms with Crippen molar-refractivity contribution in [1.82, 2.24) is 4.90 Å². The second-order valence-electron chi connectivity index (χ2n) is 10.1. The minimum Gasteiger partial charge on any atom is -0.394 e. The largest absolute Gasteiger partial charge is 0.394 e. The zero-order valence-electron chi connectivity index (χ0n) is 21.3. The number of rotatable bonds is 7. The number of hydrogen-bond donors (Lipinski definition) is 2. The molecule has 3 aromatic carbocycles. The highest BCUT2D eigenvalue weighted by atomic mass is 127. The number of nitrogens with zero attached hydrogens (tertiary/aromatic N) is 2. The van der Waals surface area contributed by atoms with Crippen molar-refractivity contribution in [2.45, 2.75) is 44.5 Å². The molecule has 0 radical (unpaired) electrons. The zero-order chi connectivity index (χ0) is 26.9. The Balaban J connectivity index is 1.34. The Kier molecular flexibility index (Phi) is 7.70. The molecule has 2 aliphatic rings. The van der Waals surface area contributed by atoms with Gasteiger partial charge in [0.25, 0.3) is 5.91 Å². The third-order valence-corrected chi connectivity index (χ3v) is 8.35. The van der Waals surface area contributed by atoms with Crippen LogP contribution in [0.25, 0.3) is 0 Å². The molecular weight excluding hydrogens is 591 g/mol. The van der Waals surface area contributed by atoms with E-state index in [0.717, 1.165) is 20.3 Å². The summed E-state index contributed by atoms with van der Waals surface area (Å²) in [6.07, 6.45) is 4.25. The third-order valence-electron chi connectivity index (χ3n) is 7.68. The number of carbonyl (C=O) groups excluding carboxylic acids is 2.